The molecule has 66 valence electrons. The van der Waals surface area contributed by atoms with E-state index in [1.54, 1.807) is 0 Å². The molecule has 2 nitrogen and oxygen atoms in total. The third-order valence-electron chi connectivity index (χ3n) is 1.59. The van der Waals surface area contributed by atoms with E-state index in [0.717, 1.165) is 10.7 Å². The highest BCUT2D eigenvalue weighted by Crippen LogP contribution is 2.15. The van der Waals surface area contributed by atoms with Gasteiger partial charge in [-0.2, -0.15) is 0 Å². The number of hydrogen-bond donors (Lipinski definition) is 2. The summed E-state index contributed by atoms with van der Waals surface area (Å²) in [5.41, 5.74) is 6.48. The average molecular weight is 185 g/mol. The molecule has 1 atom stereocenters. The number of benzene rings is 1. The van der Waals surface area contributed by atoms with E-state index in [-0.39, 0.29) is 6.04 Å². The second-order valence-electron chi connectivity index (χ2n) is 2.79. The summed E-state index contributed by atoms with van der Waals surface area (Å²) < 4.78 is 0. The van der Waals surface area contributed by atoms with Gasteiger partial charge in [0.2, 0.25) is 0 Å². The van der Waals surface area contributed by atoms with Crippen molar-refractivity contribution in [3.05, 3.63) is 29.3 Å². The Hall–Kier alpha value is -0.730. The zero-order valence-corrected chi connectivity index (χ0v) is 7.81. The van der Waals surface area contributed by atoms with Crippen LogP contribution < -0.4 is 11.1 Å². The minimum Gasteiger partial charge on any atom is -0.381 e. The number of nitrogens with two attached hydrogens (primary N) is 1. The third kappa shape index (κ3) is 2.72. The smallest absolute Gasteiger partial charge is 0.0426 e. The van der Waals surface area contributed by atoms with Crippen molar-refractivity contribution in [1.29, 1.82) is 0 Å². The van der Waals surface area contributed by atoms with Gasteiger partial charge in [-0.15, -0.1) is 0 Å². The maximum atomic E-state index is 5.80. The predicted molar refractivity (Wildman–Crippen MR) is 53.6 cm³/mol. The molecular weight excluding hydrogens is 172 g/mol. The standard InChI is InChI=1S/C9H13ClN2/c1-7(6-11)12-9-4-2-3-8(10)5-9/h2-5,7,12H,6,11H2,1H3. The molecule has 0 saturated carbocycles. The fraction of sp³-hybridized carbons (Fsp3) is 0.333. The van der Waals surface area contributed by atoms with Crippen LogP contribution in [0.15, 0.2) is 24.3 Å². The molecule has 0 heterocycles. The molecule has 1 unspecified atom stereocenters. The molecule has 0 amide bonds. The minimum absolute atomic E-state index is 0.281. The molecule has 1 rings (SSSR count). The normalized spacial score (nSPS) is 12.6. The summed E-state index contributed by atoms with van der Waals surface area (Å²) in [6.45, 7) is 2.65. The van der Waals surface area contributed by atoms with Gasteiger partial charge >= 0.3 is 0 Å². The molecule has 3 N–H and O–H groups in total. The monoisotopic (exact) mass is 184 g/mol. The van der Waals surface area contributed by atoms with Crippen LogP contribution in [0.2, 0.25) is 5.02 Å². The predicted octanol–water partition coefficient (Wildman–Crippen LogP) is 2.10. The zero-order valence-electron chi connectivity index (χ0n) is 7.05. The first kappa shape index (κ1) is 9.36. The largest absolute Gasteiger partial charge is 0.381 e. The van der Waals surface area contributed by atoms with Crippen molar-refractivity contribution in [1.82, 2.24) is 0 Å². The second kappa shape index (κ2) is 4.33. The van der Waals surface area contributed by atoms with E-state index in [2.05, 4.69) is 5.32 Å². The quantitative estimate of drug-likeness (QED) is 0.755. The van der Waals surface area contributed by atoms with Crippen LogP contribution in [-0.2, 0) is 0 Å². The van der Waals surface area contributed by atoms with Gasteiger partial charge in [-0.1, -0.05) is 17.7 Å². The van der Waals surface area contributed by atoms with Gasteiger partial charge in [0.25, 0.3) is 0 Å². The first-order valence-electron chi connectivity index (χ1n) is 3.94. The molecule has 0 aliphatic carbocycles. The van der Waals surface area contributed by atoms with Gasteiger partial charge in [0.05, 0.1) is 0 Å². The van der Waals surface area contributed by atoms with E-state index in [1.807, 2.05) is 31.2 Å². The Morgan fingerprint density at radius 2 is 2.33 bits per heavy atom. The molecule has 0 spiro atoms. The summed E-state index contributed by atoms with van der Waals surface area (Å²) in [5.74, 6) is 0. The second-order valence-corrected chi connectivity index (χ2v) is 3.23. The van der Waals surface area contributed by atoms with Gasteiger partial charge in [0, 0.05) is 23.3 Å². The summed E-state index contributed by atoms with van der Waals surface area (Å²) in [5, 5.41) is 3.96. The first-order valence-corrected chi connectivity index (χ1v) is 4.32. The van der Waals surface area contributed by atoms with Crippen LogP contribution >= 0.6 is 11.6 Å². The van der Waals surface area contributed by atoms with Crippen molar-refractivity contribution in [3.8, 4) is 0 Å². The SMILES string of the molecule is CC(CN)Nc1cccc(Cl)c1. The molecule has 0 saturated heterocycles. The van der Waals surface area contributed by atoms with Crippen LogP contribution in [-0.4, -0.2) is 12.6 Å². The lowest BCUT2D eigenvalue weighted by Gasteiger charge is -2.12. The van der Waals surface area contributed by atoms with Gasteiger partial charge < -0.3 is 11.1 Å². The Labute approximate surface area is 77.7 Å². The van der Waals surface area contributed by atoms with Crippen molar-refractivity contribution >= 4 is 17.3 Å². The van der Waals surface area contributed by atoms with Crippen LogP contribution in [0.5, 0.6) is 0 Å². The van der Waals surface area contributed by atoms with Crippen LogP contribution in [0.3, 0.4) is 0 Å². The Morgan fingerprint density at radius 1 is 1.58 bits per heavy atom. The van der Waals surface area contributed by atoms with E-state index in [4.69, 9.17) is 17.3 Å². The Balaban J connectivity index is 2.63. The Morgan fingerprint density at radius 3 is 2.92 bits per heavy atom. The van der Waals surface area contributed by atoms with Crippen LogP contribution in [0, 0.1) is 0 Å². The number of anilines is 1. The molecular formula is C9H13ClN2. The summed E-state index contributed by atoms with van der Waals surface area (Å²) >= 11 is 5.80. The fourth-order valence-corrected chi connectivity index (χ4v) is 1.11. The summed E-state index contributed by atoms with van der Waals surface area (Å²) in [7, 11) is 0. The van der Waals surface area contributed by atoms with Crippen molar-refractivity contribution in [2.45, 2.75) is 13.0 Å². The van der Waals surface area contributed by atoms with Gasteiger partial charge in [0.15, 0.2) is 0 Å². The number of hydrogen-bond acceptors (Lipinski definition) is 2. The molecule has 3 heteroatoms. The molecule has 0 aliphatic rings. The maximum Gasteiger partial charge on any atom is 0.0426 e. The Kier molecular flexibility index (Phi) is 3.38. The van der Waals surface area contributed by atoms with E-state index in [0.29, 0.717) is 6.54 Å². The zero-order chi connectivity index (χ0) is 8.97. The van der Waals surface area contributed by atoms with Gasteiger partial charge in [-0.05, 0) is 25.1 Å². The number of rotatable bonds is 3. The minimum atomic E-state index is 0.281. The Bertz CT molecular complexity index is 250. The van der Waals surface area contributed by atoms with E-state index in [1.165, 1.54) is 0 Å². The molecule has 0 radical (unpaired) electrons. The van der Waals surface area contributed by atoms with Crippen LogP contribution in [0.25, 0.3) is 0 Å². The summed E-state index contributed by atoms with van der Waals surface area (Å²) in [6, 6.07) is 7.89. The van der Waals surface area contributed by atoms with Crippen molar-refractivity contribution in [2.75, 3.05) is 11.9 Å². The lowest BCUT2D eigenvalue weighted by molar-refractivity contribution is 0.804. The first-order chi connectivity index (χ1) is 5.72. The van der Waals surface area contributed by atoms with Crippen molar-refractivity contribution in [3.63, 3.8) is 0 Å². The van der Waals surface area contributed by atoms with Gasteiger partial charge in [0.1, 0.15) is 0 Å². The average Bonchev–Trinajstić information content (AvgIpc) is 2.04. The van der Waals surface area contributed by atoms with Gasteiger partial charge in [-0.3, -0.25) is 0 Å². The molecule has 12 heavy (non-hydrogen) atoms. The highest BCUT2D eigenvalue weighted by Gasteiger charge is 1.98. The molecule has 1 aromatic carbocycles. The summed E-state index contributed by atoms with van der Waals surface area (Å²) in [4.78, 5) is 0. The van der Waals surface area contributed by atoms with E-state index >= 15 is 0 Å². The summed E-state index contributed by atoms with van der Waals surface area (Å²) in [6.07, 6.45) is 0. The van der Waals surface area contributed by atoms with Crippen molar-refractivity contribution < 1.29 is 0 Å². The third-order valence-corrected chi connectivity index (χ3v) is 1.83. The lowest BCUT2D eigenvalue weighted by atomic mass is 10.2. The highest BCUT2D eigenvalue weighted by atomic mass is 35.5. The highest BCUT2D eigenvalue weighted by molar-refractivity contribution is 6.30. The fourth-order valence-electron chi connectivity index (χ4n) is 0.922. The topological polar surface area (TPSA) is 38.0 Å². The van der Waals surface area contributed by atoms with E-state index in [9.17, 15) is 0 Å². The number of halogens is 1. The lowest BCUT2D eigenvalue weighted by Crippen LogP contribution is -2.24. The molecule has 0 bridgehead atoms. The van der Waals surface area contributed by atoms with Crippen molar-refractivity contribution in [2.24, 2.45) is 5.73 Å². The van der Waals surface area contributed by atoms with Crippen LogP contribution in [0.1, 0.15) is 6.92 Å². The van der Waals surface area contributed by atoms with Crippen LogP contribution in [0.4, 0.5) is 5.69 Å². The van der Waals surface area contributed by atoms with Gasteiger partial charge in [-0.25, -0.2) is 0 Å². The maximum absolute atomic E-state index is 5.80. The molecule has 0 fully saturated rings. The molecule has 0 aliphatic heterocycles. The molecule has 0 aromatic heterocycles. The van der Waals surface area contributed by atoms with E-state index < -0.39 is 0 Å². The molecule has 1 aromatic rings. The number of nitrogens with one attached hydrogen (secondary N) is 1.